The smallest absolute Gasteiger partial charge is 0.410 e. The Bertz CT molecular complexity index is 376. The number of aliphatic carboxylic acids is 1. The Labute approximate surface area is 125 Å². The molecule has 0 aromatic carbocycles. The fourth-order valence-corrected chi connectivity index (χ4v) is 1.67. The van der Waals surface area contributed by atoms with Crippen molar-refractivity contribution in [3.8, 4) is 0 Å². The van der Waals surface area contributed by atoms with Crippen molar-refractivity contribution in [1.29, 1.82) is 0 Å². The van der Waals surface area contributed by atoms with Crippen LogP contribution in [0.25, 0.3) is 0 Å². The second kappa shape index (κ2) is 8.49. The van der Waals surface area contributed by atoms with Crippen LogP contribution in [0.3, 0.4) is 0 Å². The highest BCUT2D eigenvalue weighted by Gasteiger charge is 2.29. The number of nitrogens with one attached hydrogen (secondary N) is 1. The first-order valence-electron chi connectivity index (χ1n) is 6.97. The predicted molar refractivity (Wildman–Crippen MR) is 78.0 cm³/mol. The predicted octanol–water partition coefficient (Wildman–Crippen LogP) is 1.61. The lowest BCUT2D eigenvalue weighted by Gasteiger charge is -2.28. The van der Waals surface area contributed by atoms with E-state index >= 15 is 0 Å². The van der Waals surface area contributed by atoms with Crippen molar-refractivity contribution in [3.05, 3.63) is 0 Å². The maximum absolute atomic E-state index is 11.9. The number of likely N-dealkylation sites (N-methyl/N-ethyl adjacent to an activating group) is 1. The van der Waals surface area contributed by atoms with Gasteiger partial charge in [0.15, 0.2) is 0 Å². The monoisotopic (exact) mass is 302 g/mol. The molecule has 1 unspecified atom stereocenters. The van der Waals surface area contributed by atoms with Gasteiger partial charge in [0, 0.05) is 20.5 Å². The normalized spacial score (nSPS) is 12.4. The number of carboxylic acid groups (broad SMARTS) is 1. The summed E-state index contributed by atoms with van der Waals surface area (Å²) in [7, 11) is 1.42. The Morgan fingerprint density at radius 3 is 2.24 bits per heavy atom. The van der Waals surface area contributed by atoms with Gasteiger partial charge in [-0.1, -0.05) is 0 Å². The van der Waals surface area contributed by atoms with E-state index in [9.17, 15) is 19.5 Å². The van der Waals surface area contributed by atoms with E-state index in [1.165, 1.54) is 14.0 Å². The number of hydrogen-bond donors (Lipinski definition) is 2. The topological polar surface area (TPSA) is 95.9 Å². The SMILES string of the molecule is CC(=O)NCCCCC(C(=O)O)N(C)C(=O)OC(C)(C)C. The van der Waals surface area contributed by atoms with Gasteiger partial charge in [-0.15, -0.1) is 0 Å². The summed E-state index contributed by atoms with van der Waals surface area (Å²) in [6.07, 6.45) is 0.900. The van der Waals surface area contributed by atoms with E-state index in [1.807, 2.05) is 0 Å². The zero-order valence-electron chi connectivity index (χ0n) is 13.4. The van der Waals surface area contributed by atoms with Gasteiger partial charge in [0.1, 0.15) is 11.6 Å². The molecule has 0 spiro atoms. The summed E-state index contributed by atoms with van der Waals surface area (Å²) in [6.45, 7) is 7.10. The Hall–Kier alpha value is -1.79. The molecular weight excluding hydrogens is 276 g/mol. The zero-order valence-corrected chi connectivity index (χ0v) is 13.4. The molecule has 2 N–H and O–H groups in total. The minimum absolute atomic E-state index is 0.115. The van der Waals surface area contributed by atoms with Gasteiger partial charge in [-0.05, 0) is 40.0 Å². The number of ether oxygens (including phenoxy) is 1. The maximum Gasteiger partial charge on any atom is 0.410 e. The number of amides is 2. The molecule has 0 aromatic heterocycles. The van der Waals surface area contributed by atoms with Crippen LogP contribution in [0.1, 0.15) is 47.0 Å². The first-order valence-corrected chi connectivity index (χ1v) is 6.97. The summed E-state index contributed by atoms with van der Waals surface area (Å²) < 4.78 is 5.16. The summed E-state index contributed by atoms with van der Waals surface area (Å²) in [5.41, 5.74) is -0.667. The van der Waals surface area contributed by atoms with Crippen molar-refractivity contribution in [2.75, 3.05) is 13.6 Å². The number of carboxylic acids is 1. The first-order chi connectivity index (χ1) is 9.54. The Morgan fingerprint density at radius 2 is 1.81 bits per heavy atom. The van der Waals surface area contributed by atoms with Crippen molar-refractivity contribution in [1.82, 2.24) is 10.2 Å². The number of unbranched alkanes of at least 4 members (excludes halogenated alkanes) is 1. The average Bonchev–Trinajstić information content (AvgIpc) is 2.29. The van der Waals surface area contributed by atoms with E-state index in [-0.39, 0.29) is 5.91 Å². The summed E-state index contributed by atoms with van der Waals surface area (Å²) in [6, 6.07) is -0.933. The molecule has 0 heterocycles. The van der Waals surface area contributed by atoms with Crippen LogP contribution in [0, 0.1) is 0 Å². The van der Waals surface area contributed by atoms with E-state index in [4.69, 9.17) is 4.74 Å². The number of nitrogens with zero attached hydrogens (tertiary/aromatic N) is 1. The van der Waals surface area contributed by atoms with Crippen LogP contribution in [0.2, 0.25) is 0 Å². The van der Waals surface area contributed by atoms with Crippen molar-refractivity contribution >= 4 is 18.0 Å². The third kappa shape index (κ3) is 8.88. The van der Waals surface area contributed by atoms with Crippen molar-refractivity contribution in [2.45, 2.75) is 58.6 Å². The van der Waals surface area contributed by atoms with Crippen molar-refractivity contribution in [3.63, 3.8) is 0 Å². The highest BCUT2D eigenvalue weighted by Crippen LogP contribution is 2.14. The third-order valence-corrected chi connectivity index (χ3v) is 2.71. The molecule has 0 aliphatic rings. The molecule has 0 saturated heterocycles. The summed E-state index contributed by atoms with van der Waals surface area (Å²) >= 11 is 0. The molecule has 1 atom stereocenters. The molecule has 122 valence electrons. The largest absolute Gasteiger partial charge is 0.480 e. The van der Waals surface area contributed by atoms with Gasteiger partial charge in [0.2, 0.25) is 5.91 Å². The lowest BCUT2D eigenvalue weighted by Crippen LogP contribution is -2.44. The molecule has 21 heavy (non-hydrogen) atoms. The molecule has 0 aliphatic carbocycles. The van der Waals surface area contributed by atoms with Crippen molar-refractivity contribution in [2.24, 2.45) is 0 Å². The Balaban J connectivity index is 4.37. The molecule has 7 heteroatoms. The highest BCUT2D eigenvalue weighted by atomic mass is 16.6. The Morgan fingerprint density at radius 1 is 1.24 bits per heavy atom. The van der Waals surface area contributed by atoms with E-state index < -0.39 is 23.7 Å². The lowest BCUT2D eigenvalue weighted by molar-refractivity contribution is -0.143. The van der Waals surface area contributed by atoms with Gasteiger partial charge in [0.05, 0.1) is 0 Å². The quantitative estimate of drug-likeness (QED) is 0.697. The minimum Gasteiger partial charge on any atom is -0.480 e. The van der Waals surface area contributed by atoms with Crippen LogP contribution in [0.5, 0.6) is 0 Å². The van der Waals surface area contributed by atoms with Gasteiger partial charge in [-0.2, -0.15) is 0 Å². The van der Waals surface area contributed by atoms with E-state index in [0.717, 1.165) is 4.90 Å². The molecule has 0 fully saturated rings. The Kier molecular flexibility index (Phi) is 7.76. The second-order valence-electron chi connectivity index (χ2n) is 5.92. The lowest BCUT2D eigenvalue weighted by atomic mass is 10.1. The summed E-state index contributed by atoms with van der Waals surface area (Å²) in [4.78, 5) is 34.9. The van der Waals surface area contributed by atoms with E-state index in [0.29, 0.717) is 25.8 Å². The van der Waals surface area contributed by atoms with Gasteiger partial charge in [-0.3, -0.25) is 9.69 Å². The molecule has 7 nitrogen and oxygen atoms in total. The van der Waals surface area contributed by atoms with Crippen LogP contribution < -0.4 is 5.32 Å². The molecule has 0 radical (unpaired) electrons. The third-order valence-electron chi connectivity index (χ3n) is 2.71. The number of carbonyl (C=O) groups excluding carboxylic acids is 2. The van der Waals surface area contributed by atoms with Crippen LogP contribution >= 0.6 is 0 Å². The number of rotatable bonds is 7. The zero-order chi connectivity index (χ0) is 16.6. The van der Waals surface area contributed by atoms with Crippen LogP contribution in [0.4, 0.5) is 4.79 Å². The van der Waals surface area contributed by atoms with Crippen LogP contribution in [0.15, 0.2) is 0 Å². The summed E-state index contributed by atoms with van der Waals surface area (Å²) in [5.74, 6) is -1.18. The van der Waals surface area contributed by atoms with Crippen LogP contribution in [-0.2, 0) is 14.3 Å². The maximum atomic E-state index is 11.9. The molecule has 2 amide bonds. The van der Waals surface area contributed by atoms with Crippen molar-refractivity contribution < 1.29 is 24.2 Å². The standard InChI is InChI=1S/C14H26N2O5/c1-10(17)15-9-7-6-8-11(12(18)19)16(5)13(20)21-14(2,3)4/h11H,6-9H2,1-5H3,(H,15,17)(H,18,19). The van der Waals surface area contributed by atoms with Gasteiger partial charge in [-0.25, -0.2) is 9.59 Å². The number of carbonyl (C=O) groups is 3. The van der Waals surface area contributed by atoms with Gasteiger partial charge in [0.25, 0.3) is 0 Å². The number of hydrogen-bond acceptors (Lipinski definition) is 4. The second-order valence-corrected chi connectivity index (χ2v) is 5.92. The molecule has 0 bridgehead atoms. The first kappa shape index (κ1) is 19.2. The average molecular weight is 302 g/mol. The molecule has 0 aromatic rings. The fraction of sp³-hybridized carbons (Fsp3) is 0.786. The molecule has 0 aliphatic heterocycles. The fourth-order valence-electron chi connectivity index (χ4n) is 1.67. The van der Waals surface area contributed by atoms with Crippen LogP contribution in [-0.4, -0.2) is 53.2 Å². The van der Waals surface area contributed by atoms with Gasteiger partial charge >= 0.3 is 12.1 Å². The highest BCUT2D eigenvalue weighted by molar-refractivity contribution is 5.79. The minimum atomic E-state index is -1.07. The molecule has 0 saturated carbocycles. The molecular formula is C14H26N2O5. The summed E-state index contributed by atoms with van der Waals surface area (Å²) in [5, 5.41) is 11.9. The van der Waals surface area contributed by atoms with E-state index in [2.05, 4.69) is 5.32 Å². The van der Waals surface area contributed by atoms with E-state index in [1.54, 1.807) is 20.8 Å². The van der Waals surface area contributed by atoms with Gasteiger partial charge < -0.3 is 15.2 Å². The molecule has 0 rings (SSSR count).